The third kappa shape index (κ3) is 5.40. The van der Waals surface area contributed by atoms with Crippen molar-refractivity contribution >= 4 is 17.8 Å². The molecule has 3 rings (SSSR count). The quantitative estimate of drug-likeness (QED) is 0.421. The fourth-order valence-corrected chi connectivity index (χ4v) is 3.72. The third-order valence-corrected chi connectivity index (χ3v) is 5.38. The van der Waals surface area contributed by atoms with E-state index in [1.54, 1.807) is 18.3 Å². The molecule has 5 nitrogen and oxygen atoms in total. The van der Waals surface area contributed by atoms with Crippen molar-refractivity contribution in [3.63, 3.8) is 0 Å². The second-order valence-electron chi connectivity index (χ2n) is 7.45. The number of anilines is 1. The van der Waals surface area contributed by atoms with E-state index in [4.69, 9.17) is 0 Å². The zero-order chi connectivity index (χ0) is 22.4. The molecule has 0 unspecified atom stereocenters. The number of carbonyl (C=O) groups excluding carboxylic acids is 1. The van der Waals surface area contributed by atoms with Gasteiger partial charge in [0.25, 0.3) is 0 Å². The van der Waals surface area contributed by atoms with Crippen LogP contribution in [0.15, 0.2) is 59.7 Å². The Hall–Kier alpha value is -3.41. The van der Waals surface area contributed by atoms with Crippen molar-refractivity contribution in [3.05, 3.63) is 82.9 Å². The summed E-state index contributed by atoms with van der Waals surface area (Å²) in [5.74, 6) is -0.566. The predicted molar refractivity (Wildman–Crippen MR) is 125 cm³/mol. The van der Waals surface area contributed by atoms with Crippen molar-refractivity contribution in [1.82, 2.24) is 9.99 Å². The number of amides is 1. The van der Waals surface area contributed by atoms with Crippen molar-refractivity contribution in [1.29, 1.82) is 0 Å². The van der Waals surface area contributed by atoms with Gasteiger partial charge in [-0.15, -0.1) is 0 Å². The second-order valence-corrected chi connectivity index (χ2v) is 7.45. The van der Waals surface area contributed by atoms with Crippen LogP contribution in [0.25, 0.3) is 5.69 Å². The van der Waals surface area contributed by atoms with E-state index in [1.165, 1.54) is 17.8 Å². The minimum Gasteiger partial charge on any atom is -0.372 e. The van der Waals surface area contributed by atoms with Gasteiger partial charge >= 0.3 is 0 Å². The Kier molecular flexibility index (Phi) is 7.23. The zero-order valence-electron chi connectivity index (χ0n) is 18.5. The van der Waals surface area contributed by atoms with Gasteiger partial charge in [0.2, 0.25) is 5.91 Å². The number of hydrazone groups is 1. The molecule has 2 aromatic carbocycles. The first kappa shape index (κ1) is 22.3. The summed E-state index contributed by atoms with van der Waals surface area (Å²) in [6.45, 7) is 10.3. The number of halogens is 1. The minimum absolute atomic E-state index is 0.148. The Morgan fingerprint density at radius 2 is 1.71 bits per heavy atom. The highest BCUT2D eigenvalue weighted by Crippen LogP contribution is 2.22. The molecule has 0 aliphatic rings. The lowest BCUT2D eigenvalue weighted by Crippen LogP contribution is -2.21. The lowest BCUT2D eigenvalue weighted by molar-refractivity contribution is -0.120. The Morgan fingerprint density at radius 3 is 2.32 bits per heavy atom. The monoisotopic (exact) mass is 420 g/mol. The maximum absolute atomic E-state index is 13.0. The highest BCUT2D eigenvalue weighted by Gasteiger charge is 2.10. The van der Waals surface area contributed by atoms with Gasteiger partial charge in [-0.05, 0) is 75.7 Å². The van der Waals surface area contributed by atoms with Gasteiger partial charge in [0.05, 0.1) is 12.6 Å². The van der Waals surface area contributed by atoms with Gasteiger partial charge in [0, 0.05) is 41.4 Å². The molecule has 1 amide bonds. The maximum Gasteiger partial charge on any atom is 0.244 e. The van der Waals surface area contributed by atoms with Gasteiger partial charge in [0.15, 0.2) is 0 Å². The summed E-state index contributed by atoms with van der Waals surface area (Å²) in [6.07, 6.45) is 1.81. The van der Waals surface area contributed by atoms with E-state index in [9.17, 15) is 9.18 Å². The van der Waals surface area contributed by atoms with Crippen molar-refractivity contribution in [3.8, 4) is 5.69 Å². The van der Waals surface area contributed by atoms with Crippen molar-refractivity contribution < 1.29 is 9.18 Å². The number of carbonyl (C=O) groups is 1. The third-order valence-electron chi connectivity index (χ3n) is 5.38. The SMILES string of the molecule is CCN(CC)c1ccc(-n2c(C)cc(/C=N/NC(=O)Cc3ccc(F)cc3)c2C)cc1. The number of hydrogen-bond acceptors (Lipinski definition) is 3. The van der Waals surface area contributed by atoms with E-state index in [-0.39, 0.29) is 18.1 Å². The van der Waals surface area contributed by atoms with Gasteiger partial charge in [-0.2, -0.15) is 5.10 Å². The second kappa shape index (κ2) is 10.1. The van der Waals surface area contributed by atoms with Gasteiger partial charge in [0.1, 0.15) is 5.82 Å². The minimum atomic E-state index is -0.319. The topological polar surface area (TPSA) is 49.6 Å². The molecule has 3 aromatic rings. The highest BCUT2D eigenvalue weighted by atomic mass is 19.1. The number of nitrogens with one attached hydrogen (secondary N) is 1. The van der Waals surface area contributed by atoms with E-state index in [0.717, 1.165) is 41.3 Å². The van der Waals surface area contributed by atoms with Crippen molar-refractivity contribution in [2.45, 2.75) is 34.1 Å². The van der Waals surface area contributed by atoms with Crippen LogP contribution >= 0.6 is 0 Å². The molecule has 0 aliphatic carbocycles. The molecular weight excluding hydrogens is 391 g/mol. The zero-order valence-corrected chi connectivity index (χ0v) is 18.5. The van der Waals surface area contributed by atoms with Crippen LogP contribution in [0, 0.1) is 19.7 Å². The van der Waals surface area contributed by atoms with E-state index in [0.29, 0.717) is 0 Å². The summed E-state index contributed by atoms with van der Waals surface area (Å²) < 4.78 is 15.1. The molecule has 1 aromatic heterocycles. The predicted octanol–water partition coefficient (Wildman–Crippen LogP) is 4.77. The molecule has 0 aliphatic heterocycles. The average Bonchev–Trinajstić information content (AvgIpc) is 3.04. The molecule has 6 heteroatoms. The van der Waals surface area contributed by atoms with Crippen molar-refractivity contribution in [2.75, 3.05) is 18.0 Å². The molecule has 1 N–H and O–H groups in total. The van der Waals surface area contributed by atoms with Crippen LogP contribution in [0.3, 0.4) is 0 Å². The molecule has 0 atom stereocenters. The number of hydrogen-bond donors (Lipinski definition) is 1. The summed E-state index contributed by atoms with van der Waals surface area (Å²) in [7, 11) is 0. The van der Waals surface area contributed by atoms with Crippen LogP contribution in [-0.2, 0) is 11.2 Å². The van der Waals surface area contributed by atoms with Gasteiger partial charge in [-0.25, -0.2) is 9.82 Å². The lowest BCUT2D eigenvalue weighted by atomic mass is 10.1. The Bertz CT molecular complexity index is 1050. The van der Waals surface area contributed by atoms with E-state index in [2.05, 4.69) is 65.0 Å². The fourth-order valence-electron chi connectivity index (χ4n) is 3.72. The number of benzene rings is 2. The molecule has 162 valence electrons. The summed E-state index contributed by atoms with van der Waals surface area (Å²) in [5.41, 5.74) is 8.65. The van der Waals surface area contributed by atoms with E-state index in [1.807, 2.05) is 13.0 Å². The van der Waals surface area contributed by atoms with Gasteiger partial charge < -0.3 is 9.47 Å². The molecule has 0 fully saturated rings. The maximum atomic E-state index is 13.0. The lowest BCUT2D eigenvalue weighted by Gasteiger charge is -2.21. The summed E-state index contributed by atoms with van der Waals surface area (Å²) in [5, 5.41) is 4.11. The molecule has 0 spiro atoms. The first-order valence-electron chi connectivity index (χ1n) is 10.5. The first-order chi connectivity index (χ1) is 14.9. The standard InChI is InChI=1S/C25H29FN4O/c1-5-29(6-2)23-11-13-24(14-12-23)30-18(3)15-21(19(30)4)17-27-28-25(31)16-20-7-9-22(26)10-8-20/h7-15,17H,5-6,16H2,1-4H3,(H,28,31)/b27-17+. The smallest absolute Gasteiger partial charge is 0.244 e. The summed E-state index contributed by atoms with van der Waals surface area (Å²) in [4.78, 5) is 14.4. The normalized spacial score (nSPS) is 11.1. The average molecular weight is 421 g/mol. The number of aromatic nitrogens is 1. The molecule has 0 bridgehead atoms. The van der Waals surface area contributed by atoms with Gasteiger partial charge in [-0.1, -0.05) is 12.1 Å². The Balaban J connectivity index is 1.69. The molecule has 31 heavy (non-hydrogen) atoms. The number of rotatable bonds is 8. The molecule has 1 heterocycles. The Morgan fingerprint density at radius 1 is 1.06 bits per heavy atom. The molecule has 0 saturated carbocycles. The van der Waals surface area contributed by atoms with E-state index >= 15 is 0 Å². The van der Waals surface area contributed by atoms with Crippen LogP contribution < -0.4 is 10.3 Å². The number of aryl methyl sites for hydroxylation is 1. The van der Waals surface area contributed by atoms with Crippen LogP contribution in [0.4, 0.5) is 10.1 Å². The van der Waals surface area contributed by atoms with Crippen LogP contribution in [0.1, 0.15) is 36.4 Å². The number of nitrogens with zero attached hydrogens (tertiary/aromatic N) is 3. The molecular formula is C25H29FN4O. The molecule has 0 saturated heterocycles. The van der Waals surface area contributed by atoms with Gasteiger partial charge in [-0.3, -0.25) is 4.79 Å². The highest BCUT2D eigenvalue weighted by molar-refractivity contribution is 5.84. The summed E-state index contributed by atoms with van der Waals surface area (Å²) in [6, 6.07) is 16.5. The van der Waals surface area contributed by atoms with E-state index < -0.39 is 0 Å². The van der Waals surface area contributed by atoms with Crippen LogP contribution in [0.5, 0.6) is 0 Å². The Labute approximate surface area is 183 Å². The van der Waals surface area contributed by atoms with Crippen molar-refractivity contribution in [2.24, 2.45) is 5.10 Å². The van der Waals surface area contributed by atoms with Crippen LogP contribution in [0.2, 0.25) is 0 Å². The largest absolute Gasteiger partial charge is 0.372 e. The first-order valence-corrected chi connectivity index (χ1v) is 10.5. The fraction of sp³-hybridized carbons (Fsp3) is 0.280. The molecule has 0 radical (unpaired) electrons. The van der Waals surface area contributed by atoms with Crippen LogP contribution in [-0.4, -0.2) is 29.8 Å². The summed E-state index contributed by atoms with van der Waals surface area (Å²) >= 11 is 0.